The van der Waals surface area contributed by atoms with Gasteiger partial charge < -0.3 is 10.2 Å². The number of aromatic nitrogens is 3. The number of amides is 1. The molecule has 8 heteroatoms. The van der Waals surface area contributed by atoms with Crippen LogP contribution in [0.3, 0.4) is 0 Å². The summed E-state index contributed by atoms with van der Waals surface area (Å²) in [6.45, 7) is 3.49. The normalized spacial score (nSPS) is 15.1. The summed E-state index contributed by atoms with van der Waals surface area (Å²) in [6.07, 6.45) is 5.66. The zero-order valence-electron chi connectivity index (χ0n) is 19.0. The number of nitrogens with one attached hydrogen (secondary N) is 3. The minimum atomic E-state index is -0.114. The lowest BCUT2D eigenvalue weighted by Gasteiger charge is -2.32. The molecule has 2 aromatic heterocycles. The Bertz CT molecular complexity index is 1310. The van der Waals surface area contributed by atoms with Crippen molar-refractivity contribution in [2.24, 2.45) is 0 Å². The molecule has 1 amide bonds. The fourth-order valence-corrected chi connectivity index (χ4v) is 3.95. The summed E-state index contributed by atoms with van der Waals surface area (Å²) in [4.78, 5) is 19.5. The van der Waals surface area contributed by atoms with Crippen molar-refractivity contribution >= 4 is 40.3 Å². The van der Waals surface area contributed by atoms with Crippen LogP contribution in [0.4, 0.5) is 11.4 Å². The lowest BCUT2D eigenvalue weighted by Crippen LogP contribution is -2.52. The van der Waals surface area contributed by atoms with Crippen molar-refractivity contribution in [3.8, 4) is 0 Å². The van der Waals surface area contributed by atoms with Gasteiger partial charge in [0.25, 0.3) is 5.91 Å². The summed E-state index contributed by atoms with van der Waals surface area (Å²) in [5.74, 6) is -0.114. The average Bonchev–Trinajstić information content (AvgIpc) is 3.27. The second-order valence-electron chi connectivity index (χ2n) is 8.36. The van der Waals surface area contributed by atoms with Gasteiger partial charge >= 0.3 is 0 Å². The number of H-pyrrole nitrogens is 1. The fraction of sp³-hybridized carbons (Fsp3) is 0.192. The first-order valence-electron chi connectivity index (χ1n) is 11.3. The summed E-state index contributed by atoms with van der Waals surface area (Å²) in [7, 11) is 2.09. The van der Waals surface area contributed by atoms with Crippen LogP contribution in [-0.2, 0) is 0 Å². The van der Waals surface area contributed by atoms with E-state index in [4.69, 9.17) is 0 Å². The minimum Gasteiger partial charge on any atom is -0.355 e. The Morgan fingerprint density at radius 1 is 1.00 bits per heavy atom. The third-order valence-corrected chi connectivity index (χ3v) is 5.91. The summed E-state index contributed by atoms with van der Waals surface area (Å²) < 4.78 is 0. The van der Waals surface area contributed by atoms with Gasteiger partial charge in [0.15, 0.2) is 0 Å². The number of anilines is 2. The fourth-order valence-electron chi connectivity index (χ4n) is 3.95. The lowest BCUT2D eigenvalue weighted by molar-refractivity contribution is 0.0663. The van der Waals surface area contributed by atoms with Gasteiger partial charge in [0, 0.05) is 43.4 Å². The number of likely N-dealkylation sites (N-methyl/N-ethyl adjacent to an activating group) is 1. The molecule has 4 aromatic rings. The number of hydrazine groups is 1. The predicted molar refractivity (Wildman–Crippen MR) is 136 cm³/mol. The molecule has 1 fully saturated rings. The van der Waals surface area contributed by atoms with Gasteiger partial charge in [-0.25, -0.2) is 5.01 Å². The largest absolute Gasteiger partial charge is 0.355 e. The Balaban J connectivity index is 1.32. The van der Waals surface area contributed by atoms with E-state index >= 15 is 0 Å². The van der Waals surface area contributed by atoms with Crippen LogP contribution in [0, 0.1) is 0 Å². The standard InChI is InChI=1S/C26H27N7O/c1-32-14-16-33(17-15-32)31-26(34)22-7-2-3-8-23(22)28-20-9-11-21-24(29-30-25(21)18-20)12-10-19-6-4-5-13-27-19/h2-13,18,28H,14-17H2,1H3,(H,29,30)(H,31,34)/b12-10+. The molecule has 1 aliphatic heterocycles. The Kier molecular flexibility index (Phi) is 6.33. The van der Waals surface area contributed by atoms with E-state index < -0.39 is 0 Å². The first kappa shape index (κ1) is 21.8. The number of carbonyl (C=O) groups excluding carboxylic acids is 1. The minimum absolute atomic E-state index is 0.114. The van der Waals surface area contributed by atoms with Crippen LogP contribution in [0.25, 0.3) is 23.1 Å². The third kappa shape index (κ3) is 4.98. The molecule has 1 saturated heterocycles. The van der Waals surface area contributed by atoms with E-state index in [1.54, 1.807) is 6.20 Å². The van der Waals surface area contributed by atoms with E-state index in [0.29, 0.717) is 5.56 Å². The molecule has 0 spiro atoms. The number of aromatic amines is 1. The maximum atomic E-state index is 13.0. The number of benzene rings is 2. The molecule has 0 radical (unpaired) electrons. The van der Waals surface area contributed by atoms with E-state index in [2.05, 4.69) is 37.9 Å². The van der Waals surface area contributed by atoms with Gasteiger partial charge in [-0.2, -0.15) is 5.10 Å². The van der Waals surface area contributed by atoms with Gasteiger partial charge in [0.05, 0.1) is 28.2 Å². The average molecular weight is 454 g/mol. The molecule has 5 rings (SSSR count). The van der Waals surface area contributed by atoms with E-state index in [1.165, 1.54) is 0 Å². The van der Waals surface area contributed by atoms with E-state index in [1.807, 2.05) is 77.8 Å². The molecule has 0 aliphatic carbocycles. The summed E-state index contributed by atoms with van der Waals surface area (Å²) in [5, 5.41) is 13.9. The van der Waals surface area contributed by atoms with Gasteiger partial charge in [-0.05, 0) is 61.7 Å². The van der Waals surface area contributed by atoms with Crippen molar-refractivity contribution in [1.29, 1.82) is 0 Å². The third-order valence-electron chi connectivity index (χ3n) is 5.91. The number of pyridine rings is 1. The number of fused-ring (bicyclic) bond motifs is 1. The number of nitrogens with zero attached hydrogens (tertiary/aromatic N) is 4. The van der Waals surface area contributed by atoms with Crippen molar-refractivity contribution in [1.82, 2.24) is 30.5 Å². The molecular formula is C26H27N7O. The molecule has 0 saturated carbocycles. The molecule has 8 nitrogen and oxygen atoms in total. The summed E-state index contributed by atoms with van der Waals surface area (Å²) >= 11 is 0. The van der Waals surface area contributed by atoms with Gasteiger partial charge in [-0.3, -0.25) is 20.3 Å². The van der Waals surface area contributed by atoms with Crippen LogP contribution in [0.1, 0.15) is 21.7 Å². The molecule has 1 aliphatic rings. The molecule has 2 aromatic carbocycles. The summed E-state index contributed by atoms with van der Waals surface area (Å²) in [5.41, 5.74) is 7.90. The van der Waals surface area contributed by atoms with Crippen LogP contribution in [0.5, 0.6) is 0 Å². The number of hydrogen-bond acceptors (Lipinski definition) is 6. The Hall–Kier alpha value is -4.01. The van der Waals surface area contributed by atoms with Crippen molar-refractivity contribution in [3.05, 3.63) is 83.8 Å². The number of carbonyl (C=O) groups is 1. The highest BCUT2D eigenvalue weighted by molar-refractivity contribution is 6.00. The van der Waals surface area contributed by atoms with E-state index in [0.717, 1.165) is 59.8 Å². The lowest BCUT2D eigenvalue weighted by atomic mass is 10.1. The zero-order valence-corrected chi connectivity index (χ0v) is 19.0. The number of piperazine rings is 1. The van der Waals surface area contributed by atoms with Crippen LogP contribution in [0.2, 0.25) is 0 Å². The highest BCUT2D eigenvalue weighted by Crippen LogP contribution is 2.26. The highest BCUT2D eigenvalue weighted by atomic mass is 16.2. The topological polar surface area (TPSA) is 89.2 Å². The zero-order chi connectivity index (χ0) is 23.3. The molecular weight excluding hydrogens is 426 g/mol. The van der Waals surface area contributed by atoms with E-state index in [-0.39, 0.29) is 5.91 Å². The van der Waals surface area contributed by atoms with Gasteiger partial charge in [-0.15, -0.1) is 0 Å². The first-order valence-corrected chi connectivity index (χ1v) is 11.3. The number of para-hydroxylation sites is 1. The van der Waals surface area contributed by atoms with Crippen LogP contribution in [0.15, 0.2) is 66.9 Å². The maximum Gasteiger partial charge on any atom is 0.267 e. The Morgan fingerprint density at radius 2 is 1.82 bits per heavy atom. The molecule has 0 atom stereocenters. The van der Waals surface area contributed by atoms with E-state index in [9.17, 15) is 4.79 Å². The first-order chi connectivity index (χ1) is 16.7. The van der Waals surface area contributed by atoms with Crippen LogP contribution < -0.4 is 10.7 Å². The van der Waals surface area contributed by atoms with Crippen molar-refractivity contribution in [3.63, 3.8) is 0 Å². The quantitative estimate of drug-likeness (QED) is 0.412. The second-order valence-corrected chi connectivity index (χ2v) is 8.36. The van der Waals surface area contributed by atoms with Crippen molar-refractivity contribution in [2.75, 3.05) is 38.5 Å². The van der Waals surface area contributed by atoms with Crippen molar-refractivity contribution in [2.45, 2.75) is 0 Å². The monoisotopic (exact) mass is 453 g/mol. The molecule has 0 unspecified atom stereocenters. The molecule has 3 heterocycles. The van der Waals surface area contributed by atoms with Crippen molar-refractivity contribution < 1.29 is 4.79 Å². The van der Waals surface area contributed by atoms with Gasteiger partial charge in [0.1, 0.15) is 0 Å². The number of rotatable bonds is 6. The predicted octanol–water partition coefficient (Wildman–Crippen LogP) is 3.76. The Labute approximate surface area is 198 Å². The van der Waals surface area contributed by atoms with Crippen LogP contribution in [-0.4, -0.2) is 64.2 Å². The molecule has 3 N–H and O–H groups in total. The molecule has 0 bridgehead atoms. The van der Waals surface area contributed by atoms with Crippen LogP contribution >= 0.6 is 0 Å². The second kappa shape index (κ2) is 9.86. The smallest absolute Gasteiger partial charge is 0.267 e. The molecule has 172 valence electrons. The SMILES string of the molecule is CN1CCN(NC(=O)c2ccccc2Nc2ccc3c(/C=C/c4ccccn4)n[nH]c3c2)CC1. The molecule has 34 heavy (non-hydrogen) atoms. The highest BCUT2D eigenvalue weighted by Gasteiger charge is 2.18. The van der Waals surface area contributed by atoms with Gasteiger partial charge in [0.2, 0.25) is 0 Å². The maximum absolute atomic E-state index is 13.0. The Morgan fingerprint density at radius 3 is 2.65 bits per heavy atom. The van der Waals surface area contributed by atoms with Gasteiger partial charge in [-0.1, -0.05) is 18.2 Å². The number of hydrogen-bond donors (Lipinski definition) is 3. The summed E-state index contributed by atoms with van der Waals surface area (Å²) in [6, 6.07) is 19.4.